The van der Waals surface area contributed by atoms with Gasteiger partial charge in [-0.25, -0.2) is 0 Å². The minimum absolute atomic E-state index is 1.00. The quantitative estimate of drug-likeness (QED) is 0.545. The molecule has 1 aromatic rings. The third kappa shape index (κ3) is 3.41. The highest BCUT2D eigenvalue weighted by atomic mass is 32.2. The van der Waals surface area contributed by atoms with Crippen LogP contribution in [0.2, 0.25) is 0 Å². The summed E-state index contributed by atoms with van der Waals surface area (Å²) in [5, 5.41) is 11.2. The van der Waals surface area contributed by atoms with Crippen molar-refractivity contribution >= 4 is 11.8 Å². The van der Waals surface area contributed by atoms with Crippen LogP contribution in [0.5, 0.6) is 0 Å². The van der Waals surface area contributed by atoms with E-state index in [0.717, 1.165) is 10.8 Å². The van der Waals surface area contributed by atoms with Gasteiger partial charge in [0.05, 0.1) is 6.20 Å². The molecule has 0 aliphatic carbocycles. The highest BCUT2D eigenvalue weighted by molar-refractivity contribution is 7.99. The second-order valence-electron chi connectivity index (χ2n) is 2.37. The maximum Gasteiger partial charge on any atom is 0.138 e. The van der Waals surface area contributed by atoms with E-state index in [9.17, 15) is 0 Å². The topological polar surface area (TPSA) is 41.6 Å². The van der Waals surface area contributed by atoms with Gasteiger partial charge in [0.2, 0.25) is 0 Å². The van der Waals surface area contributed by atoms with Gasteiger partial charge in [-0.2, -0.15) is 0 Å². The first-order chi connectivity index (χ1) is 5.43. The van der Waals surface area contributed by atoms with Gasteiger partial charge in [-0.05, 0) is 12.2 Å². The van der Waals surface area contributed by atoms with Gasteiger partial charge in [0.15, 0.2) is 0 Å². The molecule has 0 atom stereocenters. The zero-order valence-electron chi connectivity index (χ0n) is 6.71. The third-order valence-electron chi connectivity index (χ3n) is 1.39. The van der Waals surface area contributed by atoms with E-state index < -0.39 is 0 Å². The van der Waals surface area contributed by atoms with Crippen molar-refractivity contribution in [2.45, 2.75) is 31.2 Å². The van der Waals surface area contributed by atoms with Crippen LogP contribution < -0.4 is 0 Å². The number of H-pyrrole nitrogens is 1. The molecule has 62 valence electrons. The molecule has 0 saturated carbocycles. The molecule has 0 aliphatic rings. The highest BCUT2D eigenvalue weighted by Gasteiger charge is 1.94. The Hall–Kier alpha value is -0.510. The molecule has 0 spiro atoms. The molecule has 3 nitrogen and oxygen atoms in total. The minimum atomic E-state index is 1.00. The summed E-state index contributed by atoms with van der Waals surface area (Å²) in [5.41, 5.74) is 0. The van der Waals surface area contributed by atoms with E-state index >= 15 is 0 Å². The third-order valence-corrected chi connectivity index (χ3v) is 2.38. The number of rotatable bonds is 5. The number of nitrogens with one attached hydrogen (secondary N) is 1. The maximum atomic E-state index is 3.87. The number of hydrogen-bond donors (Lipinski definition) is 1. The molecule has 1 aromatic heterocycles. The molecule has 0 unspecified atom stereocenters. The van der Waals surface area contributed by atoms with Crippen molar-refractivity contribution < 1.29 is 0 Å². The Morgan fingerprint density at radius 3 is 3.09 bits per heavy atom. The van der Waals surface area contributed by atoms with Gasteiger partial charge in [0, 0.05) is 0 Å². The zero-order chi connectivity index (χ0) is 7.94. The predicted octanol–water partition coefficient (Wildman–Crippen LogP) is 2.09. The Morgan fingerprint density at radius 2 is 2.45 bits per heavy atom. The molecule has 4 heteroatoms. The lowest BCUT2D eigenvalue weighted by atomic mass is 10.3. The molecule has 0 saturated heterocycles. The van der Waals surface area contributed by atoms with Gasteiger partial charge in [-0.3, -0.25) is 5.10 Å². The summed E-state index contributed by atoms with van der Waals surface area (Å²) < 4.78 is 0. The van der Waals surface area contributed by atoms with Gasteiger partial charge in [-0.1, -0.05) is 25.0 Å². The van der Waals surface area contributed by atoms with E-state index in [4.69, 9.17) is 0 Å². The monoisotopic (exact) mass is 171 g/mol. The normalized spacial score (nSPS) is 10.3. The lowest BCUT2D eigenvalue weighted by Gasteiger charge is -1.94. The average molecular weight is 171 g/mol. The van der Waals surface area contributed by atoms with Crippen molar-refractivity contribution in [1.29, 1.82) is 0 Å². The second kappa shape index (κ2) is 5.18. The molecule has 0 fully saturated rings. The number of thioether (sulfide) groups is 1. The Balaban J connectivity index is 2.04. The second-order valence-corrected chi connectivity index (χ2v) is 3.48. The van der Waals surface area contributed by atoms with Gasteiger partial charge in [0.1, 0.15) is 5.03 Å². The Morgan fingerprint density at radius 1 is 1.55 bits per heavy atom. The number of aromatic nitrogens is 3. The first-order valence-electron chi connectivity index (χ1n) is 3.92. The van der Waals surface area contributed by atoms with Crippen molar-refractivity contribution in [3.05, 3.63) is 6.20 Å². The van der Waals surface area contributed by atoms with E-state index in [2.05, 4.69) is 22.3 Å². The number of unbranched alkanes of at least 4 members (excludes halogenated alkanes) is 2. The number of aromatic amines is 1. The molecule has 0 bridgehead atoms. The van der Waals surface area contributed by atoms with Gasteiger partial charge in [0.25, 0.3) is 0 Å². The van der Waals surface area contributed by atoms with Gasteiger partial charge >= 0.3 is 0 Å². The lowest BCUT2D eigenvalue weighted by Crippen LogP contribution is -1.79. The van der Waals surface area contributed by atoms with E-state index in [-0.39, 0.29) is 0 Å². The molecule has 0 aromatic carbocycles. The largest absolute Gasteiger partial charge is 0.264 e. The van der Waals surface area contributed by atoms with E-state index in [1.54, 1.807) is 11.8 Å². The Bertz CT molecular complexity index is 174. The van der Waals surface area contributed by atoms with Crippen LogP contribution in [0.4, 0.5) is 0 Å². The van der Waals surface area contributed by atoms with E-state index in [1.165, 1.54) is 19.3 Å². The minimum Gasteiger partial charge on any atom is -0.264 e. The average Bonchev–Trinajstić information content (AvgIpc) is 2.50. The molecule has 1 N–H and O–H groups in total. The Kier molecular flexibility index (Phi) is 4.04. The van der Waals surface area contributed by atoms with Gasteiger partial charge in [-0.15, -0.1) is 16.9 Å². The summed E-state index contributed by atoms with van der Waals surface area (Å²) in [6.07, 6.45) is 5.69. The summed E-state index contributed by atoms with van der Waals surface area (Å²) in [6.45, 7) is 2.21. The molecule has 0 aliphatic heterocycles. The summed E-state index contributed by atoms with van der Waals surface area (Å²) >= 11 is 1.76. The fraction of sp³-hybridized carbons (Fsp3) is 0.714. The summed E-state index contributed by atoms with van der Waals surface area (Å²) in [7, 11) is 0. The van der Waals surface area contributed by atoms with Crippen molar-refractivity contribution in [1.82, 2.24) is 15.4 Å². The molecule has 0 radical (unpaired) electrons. The molecule has 1 rings (SSSR count). The number of hydrogen-bond acceptors (Lipinski definition) is 3. The lowest BCUT2D eigenvalue weighted by molar-refractivity contribution is 0.778. The van der Waals surface area contributed by atoms with Crippen LogP contribution in [-0.2, 0) is 0 Å². The SMILES string of the molecule is CCCCCSc1c[nH]nn1. The first-order valence-corrected chi connectivity index (χ1v) is 4.91. The molecule has 11 heavy (non-hydrogen) atoms. The van der Waals surface area contributed by atoms with Crippen molar-refractivity contribution in [2.75, 3.05) is 5.75 Å². The molecular formula is C7H13N3S. The summed E-state index contributed by atoms with van der Waals surface area (Å²) in [6, 6.07) is 0. The fourth-order valence-corrected chi connectivity index (χ4v) is 1.58. The van der Waals surface area contributed by atoms with Crippen molar-refractivity contribution in [2.24, 2.45) is 0 Å². The molecule has 0 amide bonds. The van der Waals surface area contributed by atoms with Crippen LogP contribution in [0.3, 0.4) is 0 Å². The van der Waals surface area contributed by atoms with E-state index in [0.29, 0.717) is 0 Å². The smallest absolute Gasteiger partial charge is 0.138 e. The fourth-order valence-electron chi connectivity index (χ4n) is 0.790. The summed E-state index contributed by atoms with van der Waals surface area (Å²) in [4.78, 5) is 0. The van der Waals surface area contributed by atoms with Crippen molar-refractivity contribution in [3.8, 4) is 0 Å². The molecular weight excluding hydrogens is 158 g/mol. The predicted molar refractivity (Wildman–Crippen MR) is 46.6 cm³/mol. The van der Waals surface area contributed by atoms with E-state index in [1.807, 2.05) is 6.20 Å². The number of nitrogens with zero attached hydrogens (tertiary/aromatic N) is 2. The molecule has 1 heterocycles. The van der Waals surface area contributed by atoms with Crippen LogP contribution in [0.25, 0.3) is 0 Å². The first kappa shape index (κ1) is 8.59. The zero-order valence-corrected chi connectivity index (χ0v) is 7.52. The standard InChI is InChI=1S/C7H13N3S/c1-2-3-4-5-11-7-6-8-10-9-7/h6H,2-5H2,1H3,(H,8,9,10). The highest BCUT2D eigenvalue weighted by Crippen LogP contribution is 2.14. The van der Waals surface area contributed by atoms with Crippen LogP contribution in [0, 0.1) is 0 Å². The van der Waals surface area contributed by atoms with Crippen molar-refractivity contribution in [3.63, 3.8) is 0 Å². The van der Waals surface area contributed by atoms with Crippen LogP contribution in [0.1, 0.15) is 26.2 Å². The van der Waals surface area contributed by atoms with Gasteiger partial charge < -0.3 is 0 Å². The maximum absolute atomic E-state index is 3.87. The van der Waals surface area contributed by atoms with Crippen LogP contribution in [0.15, 0.2) is 11.2 Å². The Labute approximate surface area is 71.0 Å². The van der Waals surface area contributed by atoms with Crippen LogP contribution in [-0.4, -0.2) is 21.2 Å². The summed E-state index contributed by atoms with van der Waals surface area (Å²) in [5.74, 6) is 1.15. The van der Waals surface area contributed by atoms with Crippen LogP contribution >= 0.6 is 11.8 Å².